The Morgan fingerprint density at radius 2 is 1.56 bits per heavy atom. The topological polar surface area (TPSA) is 123 Å². The minimum atomic E-state index is -0.851. The van der Waals surface area contributed by atoms with E-state index in [2.05, 4.69) is 15.6 Å². The first-order chi connectivity index (χ1) is 19.0. The number of carbonyl (C=O) groups excluding carboxylic acids is 3. The number of H-pyrrole nitrogens is 1. The zero-order valence-electron chi connectivity index (χ0n) is 20.8. The lowest BCUT2D eigenvalue weighted by molar-refractivity contribution is -0.123. The lowest BCUT2D eigenvalue weighted by Crippen LogP contribution is -2.44. The lowest BCUT2D eigenvalue weighted by atomic mass is 10.0. The van der Waals surface area contributed by atoms with Gasteiger partial charge in [0, 0.05) is 46.2 Å². The third kappa shape index (κ3) is 5.87. The number of benzene rings is 4. The van der Waals surface area contributed by atoms with Gasteiger partial charge in [0.05, 0.1) is 0 Å². The van der Waals surface area contributed by atoms with E-state index >= 15 is 0 Å². The number of fused-ring (bicyclic) bond motifs is 2. The molecule has 3 amide bonds. The quantitative estimate of drug-likeness (QED) is 0.115. The number of amides is 3. The number of aromatic amines is 1. The third-order valence-electron chi connectivity index (χ3n) is 6.48. The van der Waals surface area contributed by atoms with Gasteiger partial charge in [0.2, 0.25) is 11.8 Å². The number of nitrogens with one attached hydrogen (secondary N) is 4. The predicted octanol–water partition coefficient (Wildman–Crippen LogP) is 4.82. The highest BCUT2D eigenvalue weighted by Crippen LogP contribution is 2.24. The van der Waals surface area contributed by atoms with Crippen LogP contribution in [0.1, 0.15) is 21.5 Å². The zero-order chi connectivity index (χ0) is 27.2. The molecule has 0 aliphatic heterocycles. The second-order valence-electron chi connectivity index (χ2n) is 9.04. The van der Waals surface area contributed by atoms with Gasteiger partial charge in [-0.15, -0.1) is 0 Å². The third-order valence-corrected chi connectivity index (χ3v) is 6.48. The fourth-order valence-corrected chi connectivity index (χ4v) is 4.49. The Bertz CT molecular complexity index is 1680. The molecule has 194 valence electrons. The minimum Gasteiger partial charge on any atom is -0.361 e. The number of anilines is 1. The van der Waals surface area contributed by atoms with Crippen LogP contribution in [0.2, 0.25) is 0 Å². The molecule has 8 heteroatoms. The second kappa shape index (κ2) is 11.5. The molecule has 0 aliphatic carbocycles. The molecule has 1 atom stereocenters. The average Bonchev–Trinajstić information content (AvgIpc) is 3.38. The van der Waals surface area contributed by atoms with Crippen LogP contribution in [0.25, 0.3) is 27.8 Å². The summed E-state index contributed by atoms with van der Waals surface area (Å²) in [5, 5.41) is 17.5. The van der Waals surface area contributed by atoms with Crippen LogP contribution in [0.4, 0.5) is 5.69 Å². The van der Waals surface area contributed by atoms with E-state index in [1.165, 1.54) is 18.2 Å². The molecular weight excluding hydrogens is 492 g/mol. The van der Waals surface area contributed by atoms with E-state index < -0.39 is 17.9 Å². The van der Waals surface area contributed by atoms with Crippen molar-refractivity contribution in [2.75, 3.05) is 5.32 Å². The number of para-hydroxylation sites is 1. The molecule has 0 saturated carbocycles. The van der Waals surface area contributed by atoms with Gasteiger partial charge < -0.3 is 15.6 Å². The highest BCUT2D eigenvalue weighted by Gasteiger charge is 2.23. The molecule has 0 saturated heterocycles. The Kier molecular flexibility index (Phi) is 7.47. The van der Waals surface area contributed by atoms with Crippen molar-refractivity contribution in [1.82, 2.24) is 15.8 Å². The average molecular weight is 519 g/mol. The molecule has 0 radical (unpaired) electrons. The molecule has 0 bridgehead atoms. The summed E-state index contributed by atoms with van der Waals surface area (Å²) in [5.41, 5.74) is 5.06. The Morgan fingerprint density at radius 3 is 2.36 bits per heavy atom. The van der Waals surface area contributed by atoms with Gasteiger partial charge in [0.1, 0.15) is 6.04 Å². The van der Waals surface area contributed by atoms with E-state index in [9.17, 15) is 14.4 Å². The maximum Gasteiger partial charge on any atom is 0.274 e. The summed E-state index contributed by atoms with van der Waals surface area (Å²) in [6, 6.07) is 26.8. The molecule has 0 unspecified atom stereocenters. The van der Waals surface area contributed by atoms with E-state index in [4.69, 9.17) is 5.21 Å². The maximum atomic E-state index is 13.5. The monoisotopic (exact) mass is 518 g/mol. The van der Waals surface area contributed by atoms with Crippen molar-refractivity contribution >= 4 is 51.2 Å². The van der Waals surface area contributed by atoms with E-state index in [0.29, 0.717) is 11.3 Å². The molecule has 39 heavy (non-hydrogen) atoms. The molecule has 5 aromatic rings. The molecule has 1 aromatic heterocycles. The summed E-state index contributed by atoms with van der Waals surface area (Å²) in [4.78, 5) is 41.2. The van der Waals surface area contributed by atoms with Crippen LogP contribution in [0.15, 0.2) is 103 Å². The molecule has 4 aromatic carbocycles. The van der Waals surface area contributed by atoms with Crippen molar-refractivity contribution < 1.29 is 19.6 Å². The lowest BCUT2D eigenvalue weighted by Gasteiger charge is -2.18. The summed E-state index contributed by atoms with van der Waals surface area (Å²) in [5.74, 6) is -1.40. The number of carbonyl (C=O) groups is 3. The summed E-state index contributed by atoms with van der Waals surface area (Å²) in [6.07, 6.45) is 5.07. The molecule has 0 fully saturated rings. The summed E-state index contributed by atoms with van der Waals surface area (Å²) >= 11 is 0. The van der Waals surface area contributed by atoms with Crippen molar-refractivity contribution in [2.24, 2.45) is 0 Å². The van der Waals surface area contributed by atoms with Crippen LogP contribution in [0.3, 0.4) is 0 Å². The van der Waals surface area contributed by atoms with Crippen LogP contribution >= 0.6 is 0 Å². The van der Waals surface area contributed by atoms with E-state index in [1.54, 1.807) is 23.7 Å². The number of rotatable bonds is 8. The fourth-order valence-electron chi connectivity index (χ4n) is 4.49. The van der Waals surface area contributed by atoms with Gasteiger partial charge >= 0.3 is 0 Å². The summed E-state index contributed by atoms with van der Waals surface area (Å²) in [7, 11) is 0. The molecular formula is C31H26N4O4. The standard InChI is InChI=1S/C31H26N4O4/c36-29(17-14-20-12-15-22(16-13-20)30(37)35-39)33-28(18-23-19-32-26-10-4-3-9-25(23)26)31(38)34-27-11-5-7-21-6-1-2-8-24(21)27/h1-17,19,28,32,39H,18H2,(H,33,36)(H,34,38)(H,35,37)/b17-14+/t28-/m0/s1. The second-order valence-corrected chi connectivity index (χ2v) is 9.04. The van der Waals surface area contributed by atoms with E-state index in [-0.39, 0.29) is 17.9 Å². The molecule has 0 spiro atoms. The molecule has 5 N–H and O–H groups in total. The van der Waals surface area contributed by atoms with Gasteiger partial charge in [0.15, 0.2) is 0 Å². The fraction of sp³-hybridized carbons (Fsp3) is 0.0645. The van der Waals surface area contributed by atoms with Crippen molar-refractivity contribution in [1.29, 1.82) is 0 Å². The minimum absolute atomic E-state index is 0.281. The molecule has 0 aliphatic rings. The highest BCUT2D eigenvalue weighted by molar-refractivity contribution is 6.06. The van der Waals surface area contributed by atoms with Crippen molar-refractivity contribution in [2.45, 2.75) is 12.5 Å². The van der Waals surface area contributed by atoms with Crippen molar-refractivity contribution in [3.8, 4) is 0 Å². The van der Waals surface area contributed by atoms with Crippen LogP contribution < -0.4 is 16.1 Å². The van der Waals surface area contributed by atoms with Gasteiger partial charge in [0.25, 0.3) is 5.91 Å². The Balaban J connectivity index is 1.37. The van der Waals surface area contributed by atoms with E-state index in [0.717, 1.165) is 27.2 Å². The van der Waals surface area contributed by atoms with Crippen LogP contribution in [0.5, 0.6) is 0 Å². The number of hydrogen-bond acceptors (Lipinski definition) is 4. The highest BCUT2D eigenvalue weighted by atomic mass is 16.5. The van der Waals surface area contributed by atoms with Gasteiger partial charge in [-0.25, -0.2) is 5.48 Å². The SMILES string of the molecule is O=C(/C=C/c1ccc(C(=O)NO)cc1)N[C@@H](Cc1c[nH]c2ccccc12)C(=O)Nc1cccc2ccccc12. The zero-order valence-corrected chi connectivity index (χ0v) is 20.8. The first-order valence-electron chi connectivity index (χ1n) is 12.4. The van der Waals surface area contributed by atoms with Crippen LogP contribution in [-0.2, 0) is 16.0 Å². The Morgan fingerprint density at radius 1 is 0.846 bits per heavy atom. The Labute approximate surface area is 224 Å². The molecule has 8 nitrogen and oxygen atoms in total. The van der Waals surface area contributed by atoms with Gasteiger partial charge in [-0.05, 0) is 46.9 Å². The van der Waals surface area contributed by atoms with Crippen LogP contribution in [0, 0.1) is 0 Å². The first-order valence-corrected chi connectivity index (χ1v) is 12.4. The largest absolute Gasteiger partial charge is 0.361 e. The smallest absolute Gasteiger partial charge is 0.274 e. The molecule has 5 rings (SSSR count). The Hall–Kier alpha value is -5.21. The number of aromatic nitrogens is 1. The van der Waals surface area contributed by atoms with Crippen molar-refractivity contribution in [3.63, 3.8) is 0 Å². The summed E-state index contributed by atoms with van der Waals surface area (Å²) < 4.78 is 0. The predicted molar refractivity (Wildman–Crippen MR) is 151 cm³/mol. The summed E-state index contributed by atoms with van der Waals surface area (Å²) in [6.45, 7) is 0. The van der Waals surface area contributed by atoms with Crippen molar-refractivity contribution in [3.05, 3.63) is 120 Å². The molecule has 1 heterocycles. The van der Waals surface area contributed by atoms with Gasteiger partial charge in [-0.1, -0.05) is 66.7 Å². The normalized spacial score (nSPS) is 11.9. The number of hydrogen-bond donors (Lipinski definition) is 5. The van der Waals surface area contributed by atoms with Gasteiger partial charge in [-0.3, -0.25) is 19.6 Å². The number of hydroxylamine groups is 1. The van der Waals surface area contributed by atoms with Gasteiger partial charge in [-0.2, -0.15) is 0 Å². The van der Waals surface area contributed by atoms with E-state index in [1.807, 2.05) is 72.9 Å². The first kappa shape index (κ1) is 25.4. The van der Waals surface area contributed by atoms with Crippen LogP contribution in [-0.4, -0.2) is 34.0 Å². The maximum absolute atomic E-state index is 13.5.